The largest absolute Gasteiger partial charge is 0.495 e. The van der Waals surface area contributed by atoms with Gasteiger partial charge in [-0.25, -0.2) is 0 Å². The Bertz CT molecular complexity index is 424. The van der Waals surface area contributed by atoms with E-state index in [9.17, 15) is 5.11 Å². The van der Waals surface area contributed by atoms with E-state index < -0.39 is 0 Å². The number of hydrogen-bond donors (Lipinski definition) is 1. The van der Waals surface area contributed by atoms with Crippen LogP contribution < -0.4 is 4.74 Å². The Morgan fingerprint density at radius 3 is 2.78 bits per heavy atom. The highest BCUT2D eigenvalue weighted by molar-refractivity contribution is 6.32. The van der Waals surface area contributed by atoms with Crippen molar-refractivity contribution in [1.82, 2.24) is 4.90 Å². The van der Waals surface area contributed by atoms with Gasteiger partial charge in [-0.2, -0.15) is 0 Å². The first-order chi connectivity index (χ1) is 8.58. The third-order valence-corrected chi connectivity index (χ3v) is 4.06. The molecule has 1 aromatic carbocycles. The first-order valence-electron chi connectivity index (χ1n) is 6.20. The third-order valence-electron chi connectivity index (χ3n) is 3.76. The Kier molecular flexibility index (Phi) is 4.15. The molecule has 0 radical (unpaired) electrons. The van der Waals surface area contributed by atoms with Crippen molar-refractivity contribution < 1.29 is 9.84 Å². The fourth-order valence-corrected chi connectivity index (χ4v) is 3.02. The molecule has 0 bridgehead atoms. The number of likely N-dealkylation sites (tertiary alicyclic amines) is 1. The number of ether oxygens (including phenoxy) is 1. The van der Waals surface area contributed by atoms with Gasteiger partial charge in [0.15, 0.2) is 0 Å². The predicted octanol–water partition coefficient (Wildman–Crippen LogP) is 2.21. The summed E-state index contributed by atoms with van der Waals surface area (Å²) in [6.07, 6.45) is 1.89. The van der Waals surface area contributed by atoms with Crippen molar-refractivity contribution in [3.8, 4) is 5.75 Å². The molecule has 100 valence electrons. The lowest BCUT2D eigenvalue weighted by molar-refractivity contribution is 0.132. The maximum atomic E-state index is 9.68. The summed E-state index contributed by atoms with van der Waals surface area (Å²) in [6, 6.07) is 5.86. The van der Waals surface area contributed by atoms with Gasteiger partial charge in [0.1, 0.15) is 5.75 Å². The molecule has 1 aliphatic heterocycles. The van der Waals surface area contributed by atoms with Crippen LogP contribution in [0.3, 0.4) is 0 Å². The average Bonchev–Trinajstić information content (AvgIpc) is 2.72. The number of aliphatic hydroxyl groups excluding tert-OH is 1. The lowest BCUT2D eigenvalue weighted by atomic mass is 9.81. The number of halogens is 1. The second-order valence-electron chi connectivity index (χ2n) is 5.29. The first-order valence-corrected chi connectivity index (χ1v) is 6.58. The molecule has 1 atom stereocenters. The minimum atomic E-state index is -0.0212. The van der Waals surface area contributed by atoms with Crippen LogP contribution in [0.4, 0.5) is 0 Å². The number of methoxy groups -OCH3 is 1. The molecule has 1 aromatic rings. The van der Waals surface area contributed by atoms with Crippen molar-refractivity contribution in [2.45, 2.75) is 12.8 Å². The maximum absolute atomic E-state index is 9.68. The van der Waals surface area contributed by atoms with Crippen LogP contribution in [0.5, 0.6) is 5.75 Å². The molecule has 1 aliphatic rings. The van der Waals surface area contributed by atoms with Gasteiger partial charge in [-0.1, -0.05) is 17.7 Å². The van der Waals surface area contributed by atoms with Crippen LogP contribution in [0.25, 0.3) is 0 Å². The molecule has 3 nitrogen and oxygen atoms in total. The molecule has 1 unspecified atom stereocenters. The average molecular weight is 270 g/mol. The van der Waals surface area contributed by atoms with Crippen molar-refractivity contribution in [3.63, 3.8) is 0 Å². The summed E-state index contributed by atoms with van der Waals surface area (Å²) in [5, 5.41) is 10.3. The summed E-state index contributed by atoms with van der Waals surface area (Å²) in [5.74, 6) is 0.696. The van der Waals surface area contributed by atoms with Crippen molar-refractivity contribution in [1.29, 1.82) is 0 Å². The van der Waals surface area contributed by atoms with E-state index in [1.54, 1.807) is 7.11 Å². The molecule has 0 aliphatic carbocycles. The van der Waals surface area contributed by atoms with Crippen LogP contribution in [0, 0.1) is 5.41 Å². The molecule has 1 heterocycles. The van der Waals surface area contributed by atoms with E-state index in [0.717, 1.165) is 31.5 Å². The summed E-state index contributed by atoms with van der Waals surface area (Å²) >= 11 is 6.13. The molecule has 0 spiro atoms. The molecule has 1 fully saturated rings. The standard InChI is InChI=1S/C14H20ClNO2/c1-16-6-5-14(9-16,10-17)8-11-3-4-13(18-2)12(15)7-11/h3-4,7,17H,5-6,8-10H2,1-2H3. The molecule has 0 saturated carbocycles. The SMILES string of the molecule is COc1ccc(CC2(CO)CCN(C)C2)cc1Cl. The van der Waals surface area contributed by atoms with Gasteiger partial charge in [0, 0.05) is 12.0 Å². The van der Waals surface area contributed by atoms with Crippen LogP contribution in [0.15, 0.2) is 18.2 Å². The Morgan fingerprint density at radius 2 is 2.28 bits per heavy atom. The van der Waals surface area contributed by atoms with Crippen molar-refractivity contribution in [2.75, 3.05) is 33.9 Å². The zero-order valence-corrected chi connectivity index (χ0v) is 11.7. The predicted molar refractivity (Wildman–Crippen MR) is 73.3 cm³/mol. The van der Waals surface area contributed by atoms with Gasteiger partial charge in [-0.3, -0.25) is 0 Å². The minimum Gasteiger partial charge on any atom is -0.495 e. The van der Waals surface area contributed by atoms with Gasteiger partial charge in [0.25, 0.3) is 0 Å². The Morgan fingerprint density at radius 1 is 1.50 bits per heavy atom. The zero-order valence-electron chi connectivity index (χ0n) is 10.9. The second kappa shape index (κ2) is 5.47. The Labute approximate surface area is 113 Å². The van der Waals surface area contributed by atoms with Gasteiger partial charge in [0.2, 0.25) is 0 Å². The second-order valence-corrected chi connectivity index (χ2v) is 5.70. The lowest BCUT2D eigenvalue weighted by Crippen LogP contribution is -2.31. The fourth-order valence-electron chi connectivity index (χ4n) is 2.74. The third kappa shape index (κ3) is 2.79. The van der Waals surface area contributed by atoms with Crippen LogP contribution >= 0.6 is 11.6 Å². The zero-order chi connectivity index (χ0) is 13.2. The smallest absolute Gasteiger partial charge is 0.137 e. The van der Waals surface area contributed by atoms with E-state index in [4.69, 9.17) is 16.3 Å². The van der Waals surface area contributed by atoms with Gasteiger partial charge in [-0.15, -0.1) is 0 Å². The number of aliphatic hydroxyl groups is 1. The molecule has 4 heteroatoms. The van der Waals surface area contributed by atoms with E-state index in [1.165, 1.54) is 0 Å². The van der Waals surface area contributed by atoms with Gasteiger partial charge in [0.05, 0.1) is 18.7 Å². The van der Waals surface area contributed by atoms with E-state index in [2.05, 4.69) is 11.9 Å². The van der Waals surface area contributed by atoms with Gasteiger partial charge >= 0.3 is 0 Å². The summed E-state index contributed by atoms with van der Waals surface area (Å²) in [6.45, 7) is 2.21. The maximum Gasteiger partial charge on any atom is 0.137 e. The molecule has 1 N–H and O–H groups in total. The first kappa shape index (κ1) is 13.7. The minimum absolute atomic E-state index is 0.0212. The number of nitrogens with zero attached hydrogens (tertiary/aromatic N) is 1. The number of rotatable bonds is 4. The molecular weight excluding hydrogens is 250 g/mol. The van der Waals surface area contributed by atoms with Crippen LogP contribution in [0.2, 0.25) is 5.02 Å². The summed E-state index contributed by atoms with van der Waals surface area (Å²) < 4.78 is 5.15. The fraction of sp³-hybridized carbons (Fsp3) is 0.571. The highest BCUT2D eigenvalue weighted by Crippen LogP contribution is 2.35. The highest BCUT2D eigenvalue weighted by atomic mass is 35.5. The van der Waals surface area contributed by atoms with Crippen LogP contribution in [-0.2, 0) is 6.42 Å². The molecule has 18 heavy (non-hydrogen) atoms. The Balaban J connectivity index is 2.15. The summed E-state index contributed by atoms with van der Waals surface area (Å²) in [5.41, 5.74) is 1.14. The summed E-state index contributed by atoms with van der Waals surface area (Å²) in [4.78, 5) is 2.27. The van der Waals surface area contributed by atoms with Crippen molar-refractivity contribution in [2.24, 2.45) is 5.41 Å². The van der Waals surface area contributed by atoms with Crippen molar-refractivity contribution >= 4 is 11.6 Å². The monoisotopic (exact) mass is 269 g/mol. The molecule has 0 amide bonds. The lowest BCUT2D eigenvalue weighted by Gasteiger charge is -2.26. The molecule has 2 rings (SSSR count). The van der Waals surface area contributed by atoms with Crippen LogP contribution in [-0.4, -0.2) is 43.9 Å². The van der Waals surface area contributed by atoms with E-state index >= 15 is 0 Å². The van der Waals surface area contributed by atoms with E-state index in [-0.39, 0.29) is 12.0 Å². The summed E-state index contributed by atoms with van der Waals surface area (Å²) in [7, 11) is 3.71. The van der Waals surface area contributed by atoms with Gasteiger partial charge < -0.3 is 14.7 Å². The van der Waals surface area contributed by atoms with E-state index in [1.807, 2.05) is 18.2 Å². The normalized spacial score (nSPS) is 24.4. The van der Waals surface area contributed by atoms with Crippen molar-refractivity contribution in [3.05, 3.63) is 28.8 Å². The van der Waals surface area contributed by atoms with Crippen LogP contribution in [0.1, 0.15) is 12.0 Å². The van der Waals surface area contributed by atoms with E-state index in [0.29, 0.717) is 10.8 Å². The molecule has 1 saturated heterocycles. The van der Waals surface area contributed by atoms with Gasteiger partial charge in [-0.05, 0) is 44.1 Å². The quantitative estimate of drug-likeness (QED) is 0.910. The Hall–Kier alpha value is -0.770. The topological polar surface area (TPSA) is 32.7 Å². The number of benzene rings is 1. The highest BCUT2D eigenvalue weighted by Gasteiger charge is 2.36. The number of hydrogen-bond acceptors (Lipinski definition) is 3. The molecular formula is C14H20ClNO2. The molecule has 0 aromatic heterocycles.